The number of ether oxygens (including phenoxy) is 3. The number of rotatable bonds is 11. The lowest BCUT2D eigenvalue weighted by atomic mass is 9.95. The van der Waals surface area contributed by atoms with Crippen LogP contribution >= 0.6 is 23.4 Å². The minimum atomic E-state index is -0.545. The van der Waals surface area contributed by atoms with Crippen LogP contribution in [0.3, 0.4) is 0 Å². The molecule has 2 heterocycles. The SMILES string of the molecule is CCCOC(=O)C1=C(C)Nc2nc(SCC)nn2C1c1ccc(OCc2ccccc2Cl)c(OCC)c1. The van der Waals surface area contributed by atoms with Gasteiger partial charge in [-0.05, 0) is 49.8 Å². The second-order valence-corrected chi connectivity index (χ2v) is 9.96. The van der Waals surface area contributed by atoms with E-state index < -0.39 is 6.04 Å². The number of fused-ring (bicyclic) bond motifs is 1. The summed E-state index contributed by atoms with van der Waals surface area (Å²) in [6.07, 6.45) is 0.730. The maximum absolute atomic E-state index is 13.2. The molecule has 0 saturated carbocycles. The van der Waals surface area contributed by atoms with Crippen LogP contribution in [0, 0.1) is 0 Å². The van der Waals surface area contributed by atoms with E-state index in [2.05, 4.69) is 10.3 Å². The normalized spacial score (nSPS) is 14.7. The Morgan fingerprint density at radius 1 is 1.14 bits per heavy atom. The highest BCUT2D eigenvalue weighted by Gasteiger charge is 2.35. The van der Waals surface area contributed by atoms with E-state index in [1.165, 1.54) is 11.8 Å². The Bertz CT molecular complexity index is 1290. The van der Waals surface area contributed by atoms with Gasteiger partial charge in [0.2, 0.25) is 11.1 Å². The highest BCUT2D eigenvalue weighted by molar-refractivity contribution is 7.99. The van der Waals surface area contributed by atoms with Crippen molar-refractivity contribution in [3.63, 3.8) is 0 Å². The first-order valence-corrected chi connectivity index (χ1v) is 13.7. The van der Waals surface area contributed by atoms with Crippen LogP contribution in [0.25, 0.3) is 0 Å². The molecule has 0 bridgehead atoms. The molecule has 8 nitrogen and oxygen atoms in total. The number of thioether (sulfide) groups is 1. The standard InChI is InChI=1S/C27H31ClN4O4S/c1-5-14-35-25(33)23-17(4)29-26-30-27(37-7-3)31-32(26)24(23)18-12-13-21(22(15-18)34-6-2)36-16-19-10-8-9-11-20(19)28/h8-13,15,24H,5-7,14,16H2,1-4H3,(H,29,30,31). The predicted molar refractivity (Wildman–Crippen MR) is 146 cm³/mol. The molecule has 2 aromatic carbocycles. The zero-order chi connectivity index (χ0) is 26.4. The Balaban J connectivity index is 1.73. The lowest BCUT2D eigenvalue weighted by molar-refractivity contribution is -0.139. The number of hydrogen-bond acceptors (Lipinski definition) is 8. The van der Waals surface area contributed by atoms with Crippen LogP contribution in [0.5, 0.6) is 11.5 Å². The van der Waals surface area contributed by atoms with Gasteiger partial charge in [0.25, 0.3) is 0 Å². The summed E-state index contributed by atoms with van der Waals surface area (Å²) in [4.78, 5) is 17.8. The quantitative estimate of drug-likeness (QED) is 0.224. The molecular formula is C27H31ClN4O4S. The average molecular weight is 543 g/mol. The van der Waals surface area contributed by atoms with E-state index in [0.717, 1.165) is 23.3 Å². The monoisotopic (exact) mass is 542 g/mol. The summed E-state index contributed by atoms with van der Waals surface area (Å²) in [5, 5.41) is 9.21. The second kappa shape index (κ2) is 12.4. The van der Waals surface area contributed by atoms with Crippen molar-refractivity contribution in [2.24, 2.45) is 0 Å². The molecule has 0 saturated heterocycles. The molecular weight excluding hydrogens is 512 g/mol. The van der Waals surface area contributed by atoms with Crippen molar-refractivity contribution in [1.82, 2.24) is 14.8 Å². The number of esters is 1. The Morgan fingerprint density at radius 2 is 1.95 bits per heavy atom. The van der Waals surface area contributed by atoms with E-state index in [1.54, 1.807) is 4.68 Å². The summed E-state index contributed by atoms with van der Waals surface area (Å²) in [7, 11) is 0. The Labute approximate surface area is 226 Å². The number of carbonyl (C=O) groups is 1. The third-order valence-corrected chi connectivity index (χ3v) is 6.78. The molecule has 3 aromatic rings. The van der Waals surface area contributed by atoms with E-state index in [4.69, 9.17) is 30.9 Å². The summed E-state index contributed by atoms with van der Waals surface area (Å²) >= 11 is 7.84. The molecule has 1 aliphatic heterocycles. The fourth-order valence-corrected chi connectivity index (χ4v) is 4.77. The lowest BCUT2D eigenvalue weighted by Crippen LogP contribution is -2.29. The van der Waals surface area contributed by atoms with Crippen molar-refractivity contribution in [3.8, 4) is 11.5 Å². The number of benzene rings is 2. The summed E-state index contributed by atoms with van der Waals surface area (Å²) in [5.41, 5.74) is 2.83. The van der Waals surface area contributed by atoms with E-state index in [9.17, 15) is 4.79 Å². The maximum atomic E-state index is 13.2. The largest absolute Gasteiger partial charge is 0.490 e. The second-order valence-electron chi connectivity index (χ2n) is 8.32. The molecule has 0 amide bonds. The van der Waals surface area contributed by atoms with Gasteiger partial charge in [-0.3, -0.25) is 0 Å². The summed E-state index contributed by atoms with van der Waals surface area (Å²) in [5.74, 6) is 2.16. The van der Waals surface area contributed by atoms with Crippen LogP contribution in [0.15, 0.2) is 58.9 Å². The van der Waals surface area contributed by atoms with Crippen molar-refractivity contribution in [2.75, 3.05) is 24.3 Å². The molecule has 37 heavy (non-hydrogen) atoms. The van der Waals surface area contributed by atoms with Crippen LogP contribution in [-0.2, 0) is 16.1 Å². The minimum Gasteiger partial charge on any atom is -0.490 e. The number of nitrogens with zero attached hydrogens (tertiary/aromatic N) is 3. The van der Waals surface area contributed by atoms with Crippen LogP contribution in [-0.4, -0.2) is 39.7 Å². The fraction of sp³-hybridized carbons (Fsp3) is 0.370. The first-order chi connectivity index (χ1) is 18.0. The Hall–Kier alpha value is -3.17. The number of halogens is 1. The van der Waals surface area contributed by atoms with E-state index >= 15 is 0 Å². The third kappa shape index (κ3) is 6.05. The molecule has 4 rings (SSSR count). The van der Waals surface area contributed by atoms with Gasteiger partial charge >= 0.3 is 5.97 Å². The molecule has 1 N–H and O–H groups in total. The van der Waals surface area contributed by atoms with Crippen LogP contribution in [0.4, 0.5) is 5.95 Å². The molecule has 1 atom stereocenters. The first kappa shape index (κ1) is 26.9. The van der Waals surface area contributed by atoms with Crippen molar-refractivity contribution in [1.29, 1.82) is 0 Å². The smallest absolute Gasteiger partial charge is 0.338 e. The number of aromatic nitrogens is 3. The van der Waals surface area contributed by atoms with Crippen molar-refractivity contribution in [3.05, 3.63) is 69.9 Å². The van der Waals surface area contributed by atoms with Crippen molar-refractivity contribution in [2.45, 2.75) is 51.9 Å². The first-order valence-electron chi connectivity index (χ1n) is 12.3. The zero-order valence-electron chi connectivity index (χ0n) is 21.4. The van der Waals surface area contributed by atoms with Crippen LogP contribution < -0.4 is 14.8 Å². The van der Waals surface area contributed by atoms with Crippen LogP contribution in [0.2, 0.25) is 5.02 Å². The Kier molecular flexibility index (Phi) is 9.00. The number of allylic oxidation sites excluding steroid dienone is 1. The van der Waals surface area contributed by atoms with Gasteiger partial charge in [-0.25, -0.2) is 9.48 Å². The number of anilines is 1. The highest BCUT2D eigenvalue weighted by atomic mass is 35.5. The molecule has 196 valence electrons. The van der Waals surface area contributed by atoms with Gasteiger partial charge in [0.05, 0.1) is 18.8 Å². The van der Waals surface area contributed by atoms with Crippen molar-refractivity contribution < 1.29 is 19.0 Å². The van der Waals surface area contributed by atoms with Gasteiger partial charge in [-0.2, -0.15) is 4.98 Å². The van der Waals surface area contributed by atoms with E-state index in [0.29, 0.717) is 58.7 Å². The number of carbonyl (C=O) groups excluding carboxylic acids is 1. The fourth-order valence-electron chi connectivity index (χ4n) is 4.02. The summed E-state index contributed by atoms with van der Waals surface area (Å²) in [6, 6.07) is 12.7. The van der Waals surface area contributed by atoms with Crippen molar-refractivity contribution >= 4 is 35.3 Å². The highest BCUT2D eigenvalue weighted by Crippen LogP contribution is 2.40. The van der Waals surface area contributed by atoms with E-state index in [-0.39, 0.29) is 5.97 Å². The average Bonchev–Trinajstić information content (AvgIpc) is 3.28. The molecule has 0 aliphatic carbocycles. The summed E-state index contributed by atoms with van der Waals surface area (Å²) < 4.78 is 19.3. The molecule has 1 aliphatic rings. The molecule has 0 radical (unpaired) electrons. The van der Waals surface area contributed by atoms with Gasteiger partial charge in [0.1, 0.15) is 12.6 Å². The molecule has 10 heteroatoms. The minimum absolute atomic E-state index is 0.297. The van der Waals surface area contributed by atoms with Gasteiger partial charge in [-0.15, -0.1) is 5.10 Å². The molecule has 0 fully saturated rings. The number of hydrogen-bond donors (Lipinski definition) is 1. The van der Waals surface area contributed by atoms with Crippen LogP contribution in [0.1, 0.15) is 51.3 Å². The topological polar surface area (TPSA) is 87.5 Å². The zero-order valence-corrected chi connectivity index (χ0v) is 23.0. The van der Waals surface area contributed by atoms with Gasteiger partial charge < -0.3 is 19.5 Å². The summed E-state index contributed by atoms with van der Waals surface area (Å²) in [6.45, 7) is 8.85. The molecule has 1 aromatic heterocycles. The van der Waals surface area contributed by atoms with E-state index in [1.807, 2.05) is 70.2 Å². The predicted octanol–water partition coefficient (Wildman–Crippen LogP) is 6.26. The van der Waals surface area contributed by atoms with Gasteiger partial charge in [-0.1, -0.05) is 61.5 Å². The van der Waals surface area contributed by atoms with Gasteiger partial charge in [0, 0.05) is 16.3 Å². The van der Waals surface area contributed by atoms with Gasteiger partial charge in [0.15, 0.2) is 11.5 Å². The molecule has 1 unspecified atom stereocenters. The molecule has 0 spiro atoms. The third-order valence-electron chi connectivity index (χ3n) is 5.69. The number of nitrogens with one attached hydrogen (secondary N) is 1. The Morgan fingerprint density at radius 3 is 2.68 bits per heavy atom. The lowest BCUT2D eigenvalue weighted by Gasteiger charge is -2.28. The maximum Gasteiger partial charge on any atom is 0.338 e.